The monoisotopic (exact) mass is 202 g/mol. The molecule has 84 valence electrons. The van der Waals surface area contributed by atoms with E-state index in [-0.39, 0.29) is 17.6 Å². The molecule has 0 fully saturated rings. The van der Waals surface area contributed by atoms with Crippen molar-refractivity contribution in [3.05, 3.63) is 0 Å². The molecule has 0 aliphatic carbocycles. The minimum absolute atomic E-state index is 0.158. The van der Waals surface area contributed by atoms with Gasteiger partial charge in [-0.3, -0.25) is 4.79 Å². The van der Waals surface area contributed by atoms with Gasteiger partial charge in [-0.25, -0.2) is 0 Å². The second-order valence-corrected chi connectivity index (χ2v) is 4.26. The summed E-state index contributed by atoms with van der Waals surface area (Å²) in [6.07, 6.45) is 0.625. The van der Waals surface area contributed by atoms with Gasteiger partial charge in [-0.2, -0.15) is 0 Å². The number of nitrogens with two attached hydrogens (primary N) is 1. The molecular formula is C10H22N2O2. The number of amides is 1. The Morgan fingerprint density at radius 3 is 2.43 bits per heavy atom. The van der Waals surface area contributed by atoms with E-state index in [2.05, 4.69) is 5.32 Å². The number of rotatable bonds is 6. The highest BCUT2D eigenvalue weighted by Crippen LogP contribution is 2.07. The summed E-state index contributed by atoms with van der Waals surface area (Å²) in [6.45, 7) is 9.19. The van der Waals surface area contributed by atoms with Crippen LogP contribution in [0.4, 0.5) is 0 Å². The van der Waals surface area contributed by atoms with E-state index in [0.29, 0.717) is 13.0 Å². The molecule has 0 bridgehead atoms. The fourth-order valence-electron chi connectivity index (χ4n) is 1.07. The molecule has 4 nitrogen and oxygen atoms in total. The molecule has 0 aliphatic rings. The van der Waals surface area contributed by atoms with Gasteiger partial charge in [0.2, 0.25) is 5.91 Å². The molecule has 0 saturated heterocycles. The highest BCUT2D eigenvalue weighted by atomic mass is 16.5. The standard InChI is InChI=1S/C10H22N2O2/c1-5-12-8(9(11)13)6-7-14-10(2,3)4/h8,12H,5-7H2,1-4H3,(H2,11,13). The summed E-state index contributed by atoms with van der Waals surface area (Å²) in [7, 11) is 0. The van der Waals surface area contributed by atoms with Crippen LogP contribution in [0.1, 0.15) is 34.1 Å². The van der Waals surface area contributed by atoms with Crippen molar-refractivity contribution in [1.29, 1.82) is 0 Å². The Balaban J connectivity index is 3.77. The van der Waals surface area contributed by atoms with Gasteiger partial charge in [-0.15, -0.1) is 0 Å². The number of ether oxygens (including phenoxy) is 1. The van der Waals surface area contributed by atoms with Gasteiger partial charge in [0.15, 0.2) is 0 Å². The van der Waals surface area contributed by atoms with Gasteiger partial charge >= 0.3 is 0 Å². The average Bonchev–Trinajstić information content (AvgIpc) is 2.00. The highest BCUT2D eigenvalue weighted by Gasteiger charge is 2.15. The van der Waals surface area contributed by atoms with E-state index in [1.54, 1.807) is 0 Å². The maximum absolute atomic E-state index is 10.9. The molecule has 0 radical (unpaired) electrons. The van der Waals surface area contributed by atoms with Crippen LogP contribution in [0.3, 0.4) is 0 Å². The average molecular weight is 202 g/mol. The zero-order valence-corrected chi connectivity index (χ0v) is 9.59. The second-order valence-electron chi connectivity index (χ2n) is 4.26. The van der Waals surface area contributed by atoms with Crippen molar-refractivity contribution in [2.75, 3.05) is 13.2 Å². The zero-order chi connectivity index (χ0) is 11.2. The Morgan fingerprint density at radius 1 is 1.50 bits per heavy atom. The summed E-state index contributed by atoms with van der Waals surface area (Å²) in [5.74, 6) is -0.315. The van der Waals surface area contributed by atoms with Crippen molar-refractivity contribution in [3.8, 4) is 0 Å². The van der Waals surface area contributed by atoms with Crippen molar-refractivity contribution >= 4 is 5.91 Å². The SMILES string of the molecule is CCNC(CCOC(C)(C)C)C(N)=O. The molecule has 1 unspecified atom stereocenters. The quantitative estimate of drug-likeness (QED) is 0.665. The first-order chi connectivity index (χ1) is 6.37. The molecule has 4 heteroatoms. The lowest BCUT2D eigenvalue weighted by molar-refractivity contribution is -0.120. The van der Waals surface area contributed by atoms with E-state index < -0.39 is 0 Å². The Kier molecular flexibility index (Phi) is 5.72. The number of hydrogen-bond acceptors (Lipinski definition) is 3. The number of primary amides is 1. The maximum atomic E-state index is 10.9. The molecule has 3 N–H and O–H groups in total. The highest BCUT2D eigenvalue weighted by molar-refractivity contribution is 5.79. The normalized spacial score (nSPS) is 14.0. The van der Waals surface area contributed by atoms with Crippen molar-refractivity contribution in [2.45, 2.75) is 45.8 Å². The fraction of sp³-hybridized carbons (Fsp3) is 0.900. The molecule has 0 aromatic heterocycles. The van der Waals surface area contributed by atoms with Crippen LogP contribution >= 0.6 is 0 Å². The summed E-state index contributed by atoms with van der Waals surface area (Å²) < 4.78 is 5.51. The molecule has 0 aromatic rings. The Hall–Kier alpha value is -0.610. The molecule has 0 rings (SSSR count). The second kappa shape index (κ2) is 5.98. The van der Waals surface area contributed by atoms with Crippen LogP contribution in [0.5, 0.6) is 0 Å². The molecule has 0 aromatic carbocycles. The van der Waals surface area contributed by atoms with Crippen LogP contribution in [0.15, 0.2) is 0 Å². The van der Waals surface area contributed by atoms with E-state index in [0.717, 1.165) is 6.54 Å². The van der Waals surface area contributed by atoms with E-state index in [1.807, 2.05) is 27.7 Å². The Labute approximate surface area is 86.2 Å². The van der Waals surface area contributed by atoms with E-state index in [4.69, 9.17) is 10.5 Å². The van der Waals surface area contributed by atoms with Gasteiger partial charge in [-0.1, -0.05) is 6.92 Å². The van der Waals surface area contributed by atoms with E-state index in [1.165, 1.54) is 0 Å². The van der Waals surface area contributed by atoms with Crippen LogP contribution in [-0.4, -0.2) is 30.7 Å². The molecule has 1 amide bonds. The van der Waals surface area contributed by atoms with Crippen LogP contribution in [0, 0.1) is 0 Å². The van der Waals surface area contributed by atoms with Crippen LogP contribution in [-0.2, 0) is 9.53 Å². The minimum atomic E-state index is -0.315. The van der Waals surface area contributed by atoms with Crippen molar-refractivity contribution in [1.82, 2.24) is 5.32 Å². The van der Waals surface area contributed by atoms with Gasteiger partial charge in [0.05, 0.1) is 11.6 Å². The van der Waals surface area contributed by atoms with Gasteiger partial charge < -0.3 is 15.8 Å². The lowest BCUT2D eigenvalue weighted by Gasteiger charge is -2.21. The van der Waals surface area contributed by atoms with Crippen LogP contribution in [0.2, 0.25) is 0 Å². The lowest BCUT2D eigenvalue weighted by atomic mass is 10.1. The summed E-state index contributed by atoms with van der Waals surface area (Å²) in [5.41, 5.74) is 5.06. The van der Waals surface area contributed by atoms with Gasteiger partial charge in [0.1, 0.15) is 0 Å². The first-order valence-corrected chi connectivity index (χ1v) is 5.03. The van der Waals surface area contributed by atoms with E-state index >= 15 is 0 Å². The first-order valence-electron chi connectivity index (χ1n) is 5.03. The summed E-state index contributed by atoms with van der Waals surface area (Å²) in [4.78, 5) is 10.9. The Morgan fingerprint density at radius 2 is 2.07 bits per heavy atom. The number of carbonyl (C=O) groups is 1. The van der Waals surface area contributed by atoms with Gasteiger partial charge in [0, 0.05) is 6.61 Å². The van der Waals surface area contributed by atoms with Crippen LogP contribution < -0.4 is 11.1 Å². The van der Waals surface area contributed by atoms with Gasteiger partial charge in [-0.05, 0) is 33.7 Å². The van der Waals surface area contributed by atoms with Crippen molar-refractivity contribution < 1.29 is 9.53 Å². The first kappa shape index (κ1) is 13.4. The van der Waals surface area contributed by atoms with Crippen molar-refractivity contribution in [2.24, 2.45) is 5.73 Å². The predicted molar refractivity (Wildman–Crippen MR) is 57.0 cm³/mol. The molecule has 14 heavy (non-hydrogen) atoms. The summed E-state index contributed by atoms with van der Waals surface area (Å²) >= 11 is 0. The largest absolute Gasteiger partial charge is 0.376 e. The smallest absolute Gasteiger partial charge is 0.234 e. The summed E-state index contributed by atoms with van der Waals surface area (Å²) in [6, 6.07) is -0.276. The Bertz CT molecular complexity index is 175. The molecule has 0 spiro atoms. The third-order valence-electron chi connectivity index (χ3n) is 1.74. The van der Waals surface area contributed by atoms with E-state index in [9.17, 15) is 4.79 Å². The predicted octanol–water partition coefficient (Wildman–Crippen LogP) is 0.655. The fourth-order valence-corrected chi connectivity index (χ4v) is 1.07. The number of likely N-dealkylation sites (N-methyl/N-ethyl adjacent to an activating group) is 1. The molecular weight excluding hydrogens is 180 g/mol. The maximum Gasteiger partial charge on any atom is 0.234 e. The number of carbonyl (C=O) groups excluding carboxylic acids is 1. The van der Waals surface area contributed by atoms with Crippen molar-refractivity contribution in [3.63, 3.8) is 0 Å². The molecule has 0 aliphatic heterocycles. The third kappa shape index (κ3) is 6.86. The number of nitrogens with one attached hydrogen (secondary N) is 1. The topological polar surface area (TPSA) is 64.3 Å². The minimum Gasteiger partial charge on any atom is -0.376 e. The molecule has 0 saturated carbocycles. The third-order valence-corrected chi connectivity index (χ3v) is 1.74. The van der Waals surface area contributed by atoms with Crippen LogP contribution in [0.25, 0.3) is 0 Å². The van der Waals surface area contributed by atoms with Gasteiger partial charge in [0.25, 0.3) is 0 Å². The zero-order valence-electron chi connectivity index (χ0n) is 9.59. The number of hydrogen-bond donors (Lipinski definition) is 2. The molecule has 1 atom stereocenters. The molecule has 0 heterocycles. The lowest BCUT2D eigenvalue weighted by Crippen LogP contribution is -2.42. The summed E-state index contributed by atoms with van der Waals surface area (Å²) in [5, 5.41) is 3.01.